The number of aromatic nitrogens is 2. The predicted molar refractivity (Wildman–Crippen MR) is 125 cm³/mol. The van der Waals surface area contributed by atoms with E-state index in [0.29, 0.717) is 25.3 Å². The fourth-order valence-electron chi connectivity index (χ4n) is 4.70. The molecule has 1 saturated heterocycles. The van der Waals surface area contributed by atoms with Gasteiger partial charge in [0.25, 0.3) is 5.91 Å². The average molecular weight is 525 g/mol. The topological polar surface area (TPSA) is 87.5 Å². The van der Waals surface area contributed by atoms with Gasteiger partial charge in [-0.3, -0.25) is 14.2 Å². The van der Waals surface area contributed by atoms with Crippen molar-refractivity contribution in [3.63, 3.8) is 0 Å². The van der Waals surface area contributed by atoms with E-state index in [1.807, 2.05) is 10.2 Å². The van der Waals surface area contributed by atoms with E-state index in [2.05, 4.69) is 4.98 Å². The van der Waals surface area contributed by atoms with Gasteiger partial charge in [-0.05, 0) is 37.1 Å². The zero-order chi connectivity index (χ0) is 26.0. The summed E-state index contributed by atoms with van der Waals surface area (Å²) in [5.41, 5.74) is -2.49. The summed E-state index contributed by atoms with van der Waals surface area (Å²) in [6.07, 6.45) is -3.50. The van der Waals surface area contributed by atoms with E-state index in [0.717, 1.165) is 16.8 Å². The van der Waals surface area contributed by atoms with E-state index in [1.54, 1.807) is 0 Å². The number of hydrogen-bond acceptors (Lipinski definition) is 5. The number of halogens is 5. The van der Waals surface area contributed by atoms with Gasteiger partial charge in [0.1, 0.15) is 28.9 Å². The number of nitrogens with zero attached hydrogens (tertiary/aromatic N) is 3. The first kappa shape index (κ1) is 24.5. The molecule has 3 atom stereocenters. The summed E-state index contributed by atoms with van der Waals surface area (Å²) in [5.74, 6) is -1.50. The van der Waals surface area contributed by atoms with E-state index >= 15 is 0 Å². The molecule has 2 N–H and O–H groups in total. The highest BCUT2D eigenvalue weighted by atomic mass is 35.5. The van der Waals surface area contributed by atoms with E-state index in [9.17, 15) is 32.3 Å². The number of β-amino-alcohol motifs (C(OH)–C–C–N with tert-alkyl or cyclic N) is 1. The molecule has 2 aliphatic rings. The molecule has 12 heteroatoms. The third-order valence-electron chi connectivity index (χ3n) is 6.80. The Kier molecular flexibility index (Phi) is 5.75. The monoisotopic (exact) mass is 524 g/mol. The number of carbonyl (C=O) groups is 1. The molecule has 36 heavy (non-hydrogen) atoms. The Morgan fingerprint density at radius 3 is 2.69 bits per heavy atom. The second kappa shape index (κ2) is 8.45. The molecule has 1 aromatic carbocycles. The molecule has 2 unspecified atom stereocenters. The van der Waals surface area contributed by atoms with Crippen molar-refractivity contribution in [1.29, 1.82) is 0 Å². The number of pyridine rings is 2. The first-order valence-electron chi connectivity index (χ1n) is 11.3. The number of rotatable bonds is 5. The van der Waals surface area contributed by atoms with Gasteiger partial charge in [0.15, 0.2) is 5.65 Å². The number of carbonyl (C=O) groups excluding carboxylic acids is 1. The number of alkyl halides is 3. The molecule has 3 heterocycles. The maximum Gasteiger partial charge on any atom is 0.408 e. The van der Waals surface area contributed by atoms with Crippen LogP contribution in [-0.4, -0.2) is 51.5 Å². The van der Waals surface area contributed by atoms with Crippen molar-refractivity contribution in [3.8, 4) is 5.69 Å². The van der Waals surface area contributed by atoms with Gasteiger partial charge in [0.05, 0.1) is 16.0 Å². The molecule has 0 spiro atoms. The number of para-hydroxylation sites is 1. The number of aliphatic hydroxyl groups is 1. The summed E-state index contributed by atoms with van der Waals surface area (Å²) in [6, 6.07) is 4.63. The van der Waals surface area contributed by atoms with E-state index in [1.165, 1.54) is 31.2 Å². The van der Waals surface area contributed by atoms with Crippen LogP contribution >= 0.6 is 11.6 Å². The van der Waals surface area contributed by atoms with Crippen molar-refractivity contribution in [3.05, 3.63) is 63.2 Å². The Hall–Kier alpha value is -3.18. The quantitative estimate of drug-likeness (QED) is 0.496. The van der Waals surface area contributed by atoms with Gasteiger partial charge in [-0.15, -0.1) is 0 Å². The summed E-state index contributed by atoms with van der Waals surface area (Å²) in [7, 11) is 0. The number of nitrogens with one attached hydrogen (secondary N) is 1. The largest absolute Gasteiger partial charge is 0.408 e. The van der Waals surface area contributed by atoms with Crippen molar-refractivity contribution in [1.82, 2.24) is 14.9 Å². The van der Waals surface area contributed by atoms with Gasteiger partial charge in [0, 0.05) is 25.2 Å². The minimum absolute atomic E-state index is 0.0310. The Bertz CT molecular complexity index is 1420. The first-order valence-corrected chi connectivity index (χ1v) is 11.7. The van der Waals surface area contributed by atoms with Crippen LogP contribution in [0.3, 0.4) is 0 Å². The molecule has 1 aliphatic heterocycles. The van der Waals surface area contributed by atoms with E-state index in [-0.39, 0.29) is 27.7 Å². The third-order valence-corrected chi connectivity index (χ3v) is 7.10. The van der Waals surface area contributed by atoms with Crippen LogP contribution in [0.4, 0.5) is 23.4 Å². The maximum atomic E-state index is 14.9. The minimum atomic E-state index is -4.72. The number of anilines is 1. The zero-order valence-electron chi connectivity index (χ0n) is 18.9. The highest BCUT2D eigenvalue weighted by Gasteiger charge is 2.59. The van der Waals surface area contributed by atoms with Crippen LogP contribution in [-0.2, 0) is 0 Å². The van der Waals surface area contributed by atoms with Crippen LogP contribution in [0.15, 0.2) is 41.3 Å². The molecule has 190 valence electrons. The van der Waals surface area contributed by atoms with Crippen molar-refractivity contribution < 1.29 is 27.5 Å². The first-order chi connectivity index (χ1) is 16.9. The van der Waals surface area contributed by atoms with Crippen LogP contribution in [0.5, 0.6) is 0 Å². The van der Waals surface area contributed by atoms with Crippen molar-refractivity contribution >= 4 is 34.4 Å². The number of benzene rings is 1. The fraction of sp³-hybridized carbons (Fsp3) is 0.375. The molecule has 5 rings (SSSR count). The summed E-state index contributed by atoms with van der Waals surface area (Å²) in [4.78, 5) is 32.4. The van der Waals surface area contributed by atoms with Gasteiger partial charge in [-0.2, -0.15) is 13.2 Å². The molecule has 1 saturated carbocycles. The maximum absolute atomic E-state index is 14.9. The van der Waals surface area contributed by atoms with E-state index in [4.69, 9.17) is 11.6 Å². The Morgan fingerprint density at radius 2 is 2.08 bits per heavy atom. The minimum Gasteiger partial charge on any atom is -0.388 e. The second-order valence-electron chi connectivity index (χ2n) is 9.21. The normalized spacial score (nSPS) is 22.0. The average Bonchev–Trinajstić information content (AvgIpc) is 3.33. The van der Waals surface area contributed by atoms with Crippen molar-refractivity contribution in [2.75, 3.05) is 18.0 Å². The van der Waals surface area contributed by atoms with Crippen LogP contribution < -0.4 is 15.6 Å². The lowest BCUT2D eigenvalue weighted by molar-refractivity contribution is -0.153. The lowest BCUT2D eigenvalue weighted by Crippen LogP contribution is -2.46. The van der Waals surface area contributed by atoms with Crippen molar-refractivity contribution in [2.45, 2.75) is 37.6 Å². The molecule has 0 radical (unpaired) electrons. The summed E-state index contributed by atoms with van der Waals surface area (Å²) in [6.45, 7) is 2.15. The standard InChI is InChI=1S/C24H21ClF4N4O3/c1-2-17(24(27,28)29)30-22(35)14-10-33(19-15(25)4-3-5-16(19)26)21-13(20(14)34)6-7-18(31-21)32-9-12-8-23(12,36)11-32/h3-7,10,12,17,36H,2,8-9,11H2,1H3,(H,30,35)/t12?,17-,23?/m1/s1. The van der Waals surface area contributed by atoms with E-state index < -0.39 is 47.0 Å². The van der Waals surface area contributed by atoms with Crippen LogP contribution in [0.2, 0.25) is 5.02 Å². The number of piperidine rings is 1. The molecule has 1 amide bonds. The number of amides is 1. The molecule has 1 aliphatic carbocycles. The van der Waals surface area contributed by atoms with Crippen LogP contribution in [0, 0.1) is 11.7 Å². The van der Waals surface area contributed by atoms with Gasteiger partial charge in [-0.1, -0.05) is 24.6 Å². The Labute approximate surface area is 207 Å². The molecule has 0 bridgehead atoms. The zero-order valence-corrected chi connectivity index (χ0v) is 19.7. The lowest BCUT2D eigenvalue weighted by Gasteiger charge is -2.22. The van der Waals surface area contributed by atoms with Gasteiger partial charge in [0.2, 0.25) is 5.43 Å². The van der Waals surface area contributed by atoms with Crippen LogP contribution in [0.25, 0.3) is 16.7 Å². The number of hydrogen-bond donors (Lipinski definition) is 2. The summed E-state index contributed by atoms with van der Waals surface area (Å²) >= 11 is 6.25. The van der Waals surface area contributed by atoms with Crippen molar-refractivity contribution in [2.24, 2.45) is 5.92 Å². The molecule has 2 fully saturated rings. The molecule has 7 nitrogen and oxygen atoms in total. The van der Waals surface area contributed by atoms with Gasteiger partial charge >= 0.3 is 6.18 Å². The molecule has 2 aromatic heterocycles. The molecule has 3 aromatic rings. The van der Waals surface area contributed by atoms with Gasteiger partial charge in [-0.25, -0.2) is 9.37 Å². The van der Waals surface area contributed by atoms with Crippen LogP contribution in [0.1, 0.15) is 30.1 Å². The Balaban J connectivity index is 1.67. The number of fused-ring (bicyclic) bond motifs is 2. The van der Waals surface area contributed by atoms with Gasteiger partial charge < -0.3 is 15.3 Å². The second-order valence-corrected chi connectivity index (χ2v) is 9.62. The molecular weight excluding hydrogens is 504 g/mol. The smallest absolute Gasteiger partial charge is 0.388 e. The highest BCUT2D eigenvalue weighted by Crippen LogP contribution is 2.50. The Morgan fingerprint density at radius 1 is 1.33 bits per heavy atom. The fourth-order valence-corrected chi connectivity index (χ4v) is 4.96. The SMILES string of the molecule is CC[C@@H](NC(=O)c1cn(-c2c(F)cccc2Cl)c2nc(N3CC4CC4(O)C3)ccc2c1=O)C(F)(F)F. The predicted octanol–water partition coefficient (Wildman–Crippen LogP) is 3.82. The summed E-state index contributed by atoms with van der Waals surface area (Å²) in [5, 5.41) is 12.1. The third kappa shape index (κ3) is 4.09. The highest BCUT2D eigenvalue weighted by molar-refractivity contribution is 6.32. The summed E-state index contributed by atoms with van der Waals surface area (Å²) < 4.78 is 55.8. The lowest BCUT2D eigenvalue weighted by atomic mass is 10.1. The molecular formula is C24H21ClF4N4O3.